The number of hydrogen-bond donors (Lipinski definition) is 2. The normalized spacial score (nSPS) is 17.3. The molecule has 1 aliphatic rings. The molecular formula is C13H18N2O2. The summed E-state index contributed by atoms with van der Waals surface area (Å²) in [5.41, 5.74) is 1.46. The number of nitrogens with one attached hydrogen (secondary N) is 1. The minimum absolute atomic E-state index is 0.0277. The molecule has 0 saturated heterocycles. The van der Waals surface area contributed by atoms with E-state index in [1.807, 2.05) is 19.1 Å². The summed E-state index contributed by atoms with van der Waals surface area (Å²) in [5.74, 6) is -0.0550. The Morgan fingerprint density at radius 1 is 1.59 bits per heavy atom. The first-order valence-electron chi connectivity index (χ1n) is 5.98. The van der Waals surface area contributed by atoms with E-state index in [4.69, 9.17) is 0 Å². The molecule has 0 aliphatic heterocycles. The van der Waals surface area contributed by atoms with Crippen molar-refractivity contribution in [2.45, 2.75) is 38.1 Å². The zero-order valence-corrected chi connectivity index (χ0v) is 10.1. The van der Waals surface area contributed by atoms with Crippen molar-refractivity contribution in [2.75, 3.05) is 6.61 Å². The van der Waals surface area contributed by atoms with Gasteiger partial charge in [0, 0.05) is 6.20 Å². The van der Waals surface area contributed by atoms with Crippen LogP contribution in [0.1, 0.15) is 30.5 Å². The molecule has 2 rings (SSSR count). The third-order valence-electron chi connectivity index (χ3n) is 3.46. The van der Waals surface area contributed by atoms with Crippen LogP contribution < -0.4 is 5.32 Å². The summed E-state index contributed by atoms with van der Waals surface area (Å²) in [7, 11) is 0. The number of aliphatic hydroxyl groups excluding tert-OH is 1. The smallest absolute Gasteiger partial charge is 0.226 e. The van der Waals surface area contributed by atoms with Gasteiger partial charge in [-0.05, 0) is 37.8 Å². The predicted octanol–water partition coefficient (Wildman–Crippen LogP) is 0.964. The lowest BCUT2D eigenvalue weighted by Gasteiger charge is -2.41. The van der Waals surface area contributed by atoms with Crippen LogP contribution in [0.25, 0.3) is 0 Å². The Morgan fingerprint density at radius 3 is 2.88 bits per heavy atom. The molecule has 0 unspecified atom stereocenters. The van der Waals surface area contributed by atoms with E-state index in [-0.39, 0.29) is 24.5 Å². The Balaban J connectivity index is 1.96. The fourth-order valence-corrected chi connectivity index (χ4v) is 2.12. The van der Waals surface area contributed by atoms with Gasteiger partial charge in [0.1, 0.15) is 0 Å². The van der Waals surface area contributed by atoms with Crippen molar-refractivity contribution in [1.82, 2.24) is 10.3 Å². The molecule has 4 nitrogen and oxygen atoms in total. The number of carbonyl (C=O) groups excluding carboxylic acids is 1. The van der Waals surface area contributed by atoms with Crippen LogP contribution in [0.4, 0.5) is 0 Å². The fraction of sp³-hybridized carbons (Fsp3) is 0.538. The molecule has 4 heteroatoms. The summed E-state index contributed by atoms with van der Waals surface area (Å²) in [6, 6.07) is 3.80. The lowest BCUT2D eigenvalue weighted by molar-refractivity contribution is -0.124. The number of carbonyl (C=O) groups is 1. The Morgan fingerprint density at radius 2 is 2.35 bits per heavy atom. The highest BCUT2D eigenvalue weighted by Crippen LogP contribution is 2.31. The van der Waals surface area contributed by atoms with E-state index < -0.39 is 0 Å². The molecule has 1 saturated carbocycles. The Kier molecular flexibility index (Phi) is 3.43. The van der Waals surface area contributed by atoms with Gasteiger partial charge in [-0.25, -0.2) is 0 Å². The van der Waals surface area contributed by atoms with Crippen LogP contribution in [0.2, 0.25) is 0 Å². The molecule has 17 heavy (non-hydrogen) atoms. The number of nitrogens with zero attached hydrogens (tertiary/aromatic N) is 1. The molecule has 1 aliphatic carbocycles. The van der Waals surface area contributed by atoms with Crippen LogP contribution in [-0.2, 0) is 11.2 Å². The van der Waals surface area contributed by atoms with Crippen LogP contribution in [0.15, 0.2) is 18.3 Å². The van der Waals surface area contributed by atoms with Crippen molar-refractivity contribution in [1.29, 1.82) is 0 Å². The lowest BCUT2D eigenvalue weighted by Crippen LogP contribution is -2.56. The van der Waals surface area contributed by atoms with Gasteiger partial charge < -0.3 is 10.4 Å². The lowest BCUT2D eigenvalue weighted by atomic mass is 9.77. The number of aliphatic hydroxyl groups is 1. The summed E-state index contributed by atoms with van der Waals surface area (Å²) in [6.07, 6.45) is 4.80. The van der Waals surface area contributed by atoms with Crippen LogP contribution >= 0.6 is 0 Å². The van der Waals surface area contributed by atoms with Crippen molar-refractivity contribution >= 4 is 5.91 Å². The molecule has 0 spiro atoms. The predicted molar refractivity (Wildman–Crippen MR) is 64.5 cm³/mol. The first kappa shape index (κ1) is 12.0. The van der Waals surface area contributed by atoms with Crippen molar-refractivity contribution in [3.05, 3.63) is 29.6 Å². The average molecular weight is 234 g/mol. The monoisotopic (exact) mass is 234 g/mol. The first-order valence-corrected chi connectivity index (χ1v) is 5.98. The van der Waals surface area contributed by atoms with Crippen molar-refractivity contribution < 1.29 is 9.90 Å². The number of pyridine rings is 1. The van der Waals surface area contributed by atoms with E-state index in [9.17, 15) is 9.90 Å². The fourth-order valence-electron chi connectivity index (χ4n) is 2.12. The van der Waals surface area contributed by atoms with Crippen LogP contribution in [0.5, 0.6) is 0 Å². The van der Waals surface area contributed by atoms with Gasteiger partial charge in [0.25, 0.3) is 0 Å². The van der Waals surface area contributed by atoms with E-state index in [0.29, 0.717) is 0 Å². The molecule has 1 heterocycles. The summed E-state index contributed by atoms with van der Waals surface area (Å²) in [4.78, 5) is 16.1. The molecular weight excluding hydrogens is 216 g/mol. The number of aryl methyl sites for hydroxylation is 1. The van der Waals surface area contributed by atoms with Crippen LogP contribution in [0, 0.1) is 6.92 Å². The highest BCUT2D eigenvalue weighted by Gasteiger charge is 2.37. The minimum atomic E-state index is -0.361. The molecule has 0 bridgehead atoms. The van der Waals surface area contributed by atoms with E-state index >= 15 is 0 Å². The van der Waals surface area contributed by atoms with Crippen molar-refractivity contribution in [2.24, 2.45) is 0 Å². The first-order chi connectivity index (χ1) is 8.15. The molecule has 2 N–H and O–H groups in total. The number of amides is 1. The maximum Gasteiger partial charge on any atom is 0.226 e. The zero-order chi connectivity index (χ0) is 12.3. The van der Waals surface area contributed by atoms with Gasteiger partial charge in [-0.1, -0.05) is 6.07 Å². The van der Waals surface area contributed by atoms with Gasteiger partial charge in [-0.15, -0.1) is 0 Å². The number of aromatic nitrogens is 1. The molecule has 0 atom stereocenters. The highest BCUT2D eigenvalue weighted by molar-refractivity contribution is 5.79. The van der Waals surface area contributed by atoms with Crippen LogP contribution in [-0.4, -0.2) is 28.1 Å². The molecule has 1 fully saturated rings. The van der Waals surface area contributed by atoms with Gasteiger partial charge in [0.15, 0.2) is 0 Å². The van der Waals surface area contributed by atoms with E-state index in [1.54, 1.807) is 6.20 Å². The van der Waals surface area contributed by atoms with E-state index in [1.165, 1.54) is 0 Å². The third-order valence-corrected chi connectivity index (χ3v) is 3.46. The molecule has 92 valence electrons. The summed E-state index contributed by atoms with van der Waals surface area (Å²) in [5, 5.41) is 12.2. The molecule has 1 amide bonds. The second kappa shape index (κ2) is 4.84. The van der Waals surface area contributed by atoms with Gasteiger partial charge in [0.2, 0.25) is 5.91 Å². The Bertz CT molecular complexity index is 408. The van der Waals surface area contributed by atoms with Gasteiger partial charge in [0.05, 0.1) is 24.3 Å². The highest BCUT2D eigenvalue weighted by atomic mass is 16.3. The second-order valence-electron chi connectivity index (χ2n) is 4.78. The number of hydrogen-bond acceptors (Lipinski definition) is 3. The maximum absolute atomic E-state index is 11.9. The second-order valence-corrected chi connectivity index (χ2v) is 4.78. The molecule has 1 aromatic heterocycles. The summed E-state index contributed by atoms with van der Waals surface area (Å²) >= 11 is 0. The molecule has 0 radical (unpaired) electrons. The van der Waals surface area contributed by atoms with Gasteiger partial charge in [-0.2, -0.15) is 0 Å². The SMILES string of the molecule is Cc1cccnc1CC(=O)NC1(CO)CCC1. The van der Waals surface area contributed by atoms with Gasteiger partial charge >= 0.3 is 0 Å². The minimum Gasteiger partial charge on any atom is -0.394 e. The molecule has 1 aromatic rings. The third kappa shape index (κ3) is 2.64. The Labute approximate surface area is 101 Å². The quantitative estimate of drug-likeness (QED) is 0.815. The average Bonchev–Trinajstić information content (AvgIpc) is 2.27. The van der Waals surface area contributed by atoms with Crippen molar-refractivity contribution in [3.63, 3.8) is 0 Å². The van der Waals surface area contributed by atoms with Crippen molar-refractivity contribution in [3.8, 4) is 0 Å². The number of rotatable bonds is 4. The maximum atomic E-state index is 11.9. The zero-order valence-electron chi connectivity index (χ0n) is 10.1. The standard InChI is InChI=1S/C13H18N2O2/c1-10-4-2-7-14-11(10)8-12(17)15-13(9-16)5-3-6-13/h2,4,7,16H,3,5-6,8-9H2,1H3,(H,15,17). The van der Waals surface area contributed by atoms with Crippen LogP contribution in [0.3, 0.4) is 0 Å². The summed E-state index contributed by atoms with van der Waals surface area (Å²) < 4.78 is 0. The Hall–Kier alpha value is -1.42. The van der Waals surface area contributed by atoms with E-state index in [2.05, 4.69) is 10.3 Å². The van der Waals surface area contributed by atoms with Gasteiger partial charge in [-0.3, -0.25) is 9.78 Å². The van der Waals surface area contributed by atoms with E-state index in [0.717, 1.165) is 30.5 Å². The largest absolute Gasteiger partial charge is 0.394 e. The topological polar surface area (TPSA) is 62.2 Å². The molecule has 0 aromatic carbocycles. The summed E-state index contributed by atoms with van der Waals surface area (Å²) in [6.45, 7) is 1.97.